The van der Waals surface area contributed by atoms with E-state index in [0.717, 1.165) is 5.56 Å². The van der Waals surface area contributed by atoms with Gasteiger partial charge in [-0.25, -0.2) is 5.43 Å². The number of benzene rings is 1. The van der Waals surface area contributed by atoms with Crippen molar-refractivity contribution in [2.75, 3.05) is 21.3 Å². The van der Waals surface area contributed by atoms with Crippen LogP contribution in [0.25, 0.3) is 0 Å². The van der Waals surface area contributed by atoms with Crippen molar-refractivity contribution in [3.8, 4) is 17.2 Å². The van der Waals surface area contributed by atoms with E-state index in [1.165, 1.54) is 0 Å². The topological polar surface area (TPSA) is 78.6 Å². The van der Waals surface area contributed by atoms with E-state index < -0.39 is 0 Å². The first kappa shape index (κ1) is 15.1. The summed E-state index contributed by atoms with van der Waals surface area (Å²) in [6, 6.07) is 8.85. The summed E-state index contributed by atoms with van der Waals surface area (Å²) in [5.74, 6) is 7.73. The molecule has 0 aliphatic rings. The number of rotatable bonds is 6. The van der Waals surface area contributed by atoms with E-state index in [1.807, 2.05) is 24.3 Å². The number of hydrogen-bond donors (Lipinski definition) is 2. The van der Waals surface area contributed by atoms with Crippen molar-refractivity contribution in [1.82, 2.24) is 10.4 Å². The van der Waals surface area contributed by atoms with Gasteiger partial charge in [0.1, 0.15) is 22.9 Å². The lowest BCUT2D eigenvalue weighted by Crippen LogP contribution is -2.30. The Morgan fingerprint density at radius 3 is 2.24 bits per heavy atom. The zero-order valence-corrected chi connectivity index (χ0v) is 12.3. The maximum absolute atomic E-state index is 5.72. The summed E-state index contributed by atoms with van der Waals surface area (Å²) in [5.41, 5.74) is 4.32. The molecule has 0 aliphatic carbocycles. The lowest BCUT2D eigenvalue weighted by Gasteiger charge is -2.19. The monoisotopic (exact) mass is 289 g/mol. The van der Waals surface area contributed by atoms with Crippen LogP contribution in [0.4, 0.5) is 0 Å². The maximum atomic E-state index is 5.72. The normalized spacial score (nSPS) is 11.8. The second kappa shape index (κ2) is 6.92. The number of aromatic nitrogens is 1. The number of nitrogens with two attached hydrogens (primary N) is 1. The van der Waals surface area contributed by atoms with Gasteiger partial charge in [-0.2, -0.15) is 0 Å². The van der Waals surface area contributed by atoms with Crippen LogP contribution in [0.2, 0.25) is 0 Å². The molecular weight excluding hydrogens is 270 g/mol. The van der Waals surface area contributed by atoms with Crippen LogP contribution in [0.5, 0.6) is 17.2 Å². The number of hydrazine groups is 1. The molecule has 0 saturated heterocycles. The van der Waals surface area contributed by atoms with Crippen LogP contribution in [-0.2, 0) is 0 Å². The molecule has 0 aliphatic heterocycles. The van der Waals surface area contributed by atoms with Crippen LogP contribution in [-0.4, -0.2) is 26.3 Å². The average molecular weight is 289 g/mol. The van der Waals surface area contributed by atoms with E-state index in [1.54, 1.807) is 33.6 Å². The Kier molecular flexibility index (Phi) is 4.97. The summed E-state index contributed by atoms with van der Waals surface area (Å²) >= 11 is 0. The Bertz CT molecular complexity index is 582. The Morgan fingerprint density at radius 1 is 1.05 bits per heavy atom. The van der Waals surface area contributed by atoms with Crippen molar-refractivity contribution in [3.63, 3.8) is 0 Å². The molecule has 1 atom stereocenters. The molecule has 1 unspecified atom stereocenters. The lowest BCUT2D eigenvalue weighted by atomic mass is 10.0. The van der Waals surface area contributed by atoms with E-state index in [-0.39, 0.29) is 6.04 Å². The molecule has 2 rings (SSSR count). The molecule has 6 nitrogen and oxygen atoms in total. The Balaban J connectivity index is 2.50. The molecule has 2 aromatic rings. The van der Waals surface area contributed by atoms with Crippen LogP contribution < -0.4 is 25.5 Å². The predicted molar refractivity (Wildman–Crippen MR) is 79.5 cm³/mol. The predicted octanol–water partition coefficient (Wildman–Crippen LogP) is 1.66. The third-order valence-electron chi connectivity index (χ3n) is 3.17. The van der Waals surface area contributed by atoms with Crippen molar-refractivity contribution in [2.24, 2.45) is 5.84 Å². The molecule has 112 valence electrons. The van der Waals surface area contributed by atoms with Crippen LogP contribution >= 0.6 is 0 Å². The molecule has 3 N–H and O–H groups in total. The third kappa shape index (κ3) is 3.24. The Labute approximate surface area is 123 Å². The number of pyridine rings is 1. The highest BCUT2D eigenvalue weighted by Gasteiger charge is 2.20. The van der Waals surface area contributed by atoms with Crippen LogP contribution in [0.15, 0.2) is 36.5 Å². The summed E-state index contributed by atoms with van der Waals surface area (Å²) in [5, 5.41) is 0. The fourth-order valence-corrected chi connectivity index (χ4v) is 2.12. The zero-order valence-electron chi connectivity index (χ0n) is 12.3. The van der Waals surface area contributed by atoms with E-state index in [4.69, 9.17) is 20.1 Å². The van der Waals surface area contributed by atoms with Gasteiger partial charge < -0.3 is 14.2 Å². The lowest BCUT2D eigenvalue weighted by molar-refractivity contribution is 0.389. The second-order valence-corrected chi connectivity index (χ2v) is 4.34. The molecule has 0 saturated carbocycles. The summed E-state index contributed by atoms with van der Waals surface area (Å²) in [7, 11) is 4.80. The molecule has 1 aromatic carbocycles. The first-order valence-corrected chi connectivity index (χ1v) is 6.41. The smallest absolute Gasteiger partial charge is 0.142 e. The zero-order chi connectivity index (χ0) is 15.2. The van der Waals surface area contributed by atoms with Gasteiger partial charge >= 0.3 is 0 Å². The number of methoxy groups -OCH3 is 3. The Hall–Kier alpha value is -2.31. The van der Waals surface area contributed by atoms with Gasteiger partial charge in [0, 0.05) is 12.3 Å². The van der Waals surface area contributed by atoms with Crippen LogP contribution in [0.1, 0.15) is 17.3 Å². The highest BCUT2D eigenvalue weighted by atomic mass is 16.5. The molecule has 1 heterocycles. The van der Waals surface area contributed by atoms with Gasteiger partial charge in [0.15, 0.2) is 0 Å². The fourth-order valence-electron chi connectivity index (χ4n) is 2.12. The second-order valence-electron chi connectivity index (χ2n) is 4.34. The molecule has 21 heavy (non-hydrogen) atoms. The van der Waals surface area contributed by atoms with Crippen molar-refractivity contribution >= 4 is 0 Å². The summed E-state index contributed by atoms with van der Waals surface area (Å²) in [6.07, 6.45) is 1.69. The molecule has 0 radical (unpaired) electrons. The van der Waals surface area contributed by atoms with Gasteiger partial charge in [0.2, 0.25) is 0 Å². The van der Waals surface area contributed by atoms with Crippen LogP contribution in [0.3, 0.4) is 0 Å². The molecule has 0 spiro atoms. The third-order valence-corrected chi connectivity index (χ3v) is 3.17. The van der Waals surface area contributed by atoms with E-state index in [2.05, 4.69) is 10.4 Å². The van der Waals surface area contributed by atoms with Gasteiger partial charge in [-0.1, -0.05) is 0 Å². The summed E-state index contributed by atoms with van der Waals surface area (Å²) < 4.78 is 15.9. The fraction of sp³-hybridized carbons (Fsp3) is 0.267. The van der Waals surface area contributed by atoms with Crippen molar-refractivity contribution in [1.29, 1.82) is 0 Å². The number of nitrogens with one attached hydrogen (secondary N) is 1. The quantitative estimate of drug-likeness (QED) is 0.622. The minimum absolute atomic E-state index is 0.342. The Morgan fingerprint density at radius 2 is 1.71 bits per heavy atom. The number of ether oxygens (including phenoxy) is 3. The summed E-state index contributed by atoms with van der Waals surface area (Å²) in [4.78, 5) is 4.36. The van der Waals surface area contributed by atoms with E-state index >= 15 is 0 Å². The number of hydrogen-bond acceptors (Lipinski definition) is 6. The van der Waals surface area contributed by atoms with E-state index in [0.29, 0.717) is 22.9 Å². The first-order chi connectivity index (χ1) is 10.2. The standard InChI is InChI=1S/C15H19N3O3/c1-19-11-7-10(8-12(9-11)20-2)14(18-16)15-13(21-3)5-4-6-17-15/h4-9,14,18H,16H2,1-3H3. The molecule has 0 fully saturated rings. The van der Waals surface area contributed by atoms with Gasteiger partial charge in [-0.05, 0) is 29.8 Å². The molecule has 6 heteroatoms. The first-order valence-electron chi connectivity index (χ1n) is 6.41. The molecule has 0 amide bonds. The maximum Gasteiger partial charge on any atom is 0.142 e. The van der Waals surface area contributed by atoms with Crippen molar-refractivity contribution in [2.45, 2.75) is 6.04 Å². The average Bonchev–Trinajstić information content (AvgIpc) is 2.55. The molecule has 0 bridgehead atoms. The van der Waals surface area contributed by atoms with Gasteiger partial charge in [0.05, 0.1) is 27.4 Å². The van der Waals surface area contributed by atoms with Gasteiger partial charge in [0.25, 0.3) is 0 Å². The van der Waals surface area contributed by atoms with Crippen LogP contribution in [0, 0.1) is 0 Å². The van der Waals surface area contributed by atoms with Gasteiger partial charge in [-0.15, -0.1) is 0 Å². The molecule has 1 aromatic heterocycles. The SMILES string of the molecule is COc1cc(OC)cc(C(NN)c2ncccc2OC)c1. The highest BCUT2D eigenvalue weighted by molar-refractivity contribution is 5.44. The highest BCUT2D eigenvalue weighted by Crippen LogP contribution is 2.32. The minimum Gasteiger partial charge on any atom is -0.497 e. The van der Waals surface area contributed by atoms with Crippen molar-refractivity contribution in [3.05, 3.63) is 47.8 Å². The van der Waals surface area contributed by atoms with Crippen molar-refractivity contribution < 1.29 is 14.2 Å². The largest absolute Gasteiger partial charge is 0.497 e. The minimum atomic E-state index is -0.342. The molecular formula is C15H19N3O3. The number of nitrogens with zero attached hydrogens (tertiary/aromatic N) is 1. The van der Waals surface area contributed by atoms with Gasteiger partial charge in [-0.3, -0.25) is 10.8 Å². The van der Waals surface area contributed by atoms with E-state index in [9.17, 15) is 0 Å². The summed E-state index contributed by atoms with van der Waals surface area (Å²) in [6.45, 7) is 0.